The number of carbonyl (C=O) groups is 1. The minimum atomic E-state index is 0.179. The normalized spacial score (nSPS) is 14.6. The molecule has 1 aliphatic carbocycles. The molecule has 1 aliphatic rings. The van der Waals surface area contributed by atoms with Gasteiger partial charge in [0.05, 0.1) is 5.69 Å². The summed E-state index contributed by atoms with van der Waals surface area (Å²) in [6.07, 6.45) is 8.53. The lowest BCUT2D eigenvalue weighted by atomic mass is 9.85. The van der Waals surface area contributed by atoms with E-state index in [1.54, 1.807) is 18.6 Å². The molecule has 3 rings (SSSR count). The van der Waals surface area contributed by atoms with E-state index in [1.165, 1.54) is 6.42 Å². The van der Waals surface area contributed by atoms with Crippen molar-refractivity contribution in [1.29, 1.82) is 0 Å². The standard InChI is InChI=1S/C16H17N3O/c20-16(14-2-1-3-14)19-11-12-4-9-18-15(10-12)13-5-7-17-8-6-13/h4-10,14H,1-3,11H2,(H,19,20). The van der Waals surface area contributed by atoms with Crippen LogP contribution in [0.25, 0.3) is 11.3 Å². The van der Waals surface area contributed by atoms with Crippen molar-refractivity contribution in [3.8, 4) is 11.3 Å². The molecule has 0 aliphatic heterocycles. The highest BCUT2D eigenvalue weighted by Crippen LogP contribution is 2.26. The maximum absolute atomic E-state index is 11.8. The lowest BCUT2D eigenvalue weighted by molar-refractivity contribution is -0.127. The van der Waals surface area contributed by atoms with Crippen LogP contribution in [0.15, 0.2) is 42.9 Å². The van der Waals surface area contributed by atoms with Crippen molar-refractivity contribution in [1.82, 2.24) is 15.3 Å². The van der Waals surface area contributed by atoms with Crippen LogP contribution >= 0.6 is 0 Å². The van der Waals surface area contributed by atoms with Crippen LogP contribution in [0.2, 0.25) is 0 Å². The third-order valence-electron chi connectivity index (χ3n) is 3.74. The molecule has 1 saturated carbocycles. The Kier molecular flexibility index (Phi) is 3.72. The highest BCUT2D eigenvalue weighted by atomic mass is 16.1. The van der Waals surface area contributed by atoms with Crippen LogP contribution in [0.1, 0.15) is 24.8 Å². The minimum absolute atomic E-state index is 0.179. The number of pyridine rings is 2. The molecule has 0 spiro atoms. The van der Waals surface area contributed by atoms with Gasteiger partial charge in [0.1, 0.15) is 0 Å². The fraction of sp³-hybridized carbons (Fsp3) is 0.312. The third-order valence-corrected chi connectivity index (χ3v) is 3.74. The van der Waals surface area contributed by atoms with E-state index in [-0.39, 0.29) is 11.8 Å². The predicted octanol–water partition coefficient (Wildman–Crippen LogP) is 2.56. The fourth-order valence-corrected chi connectivity index (χ4v) is 2.27. The summed E-state index contributed by atoms with van der Waals surface area (Å²) in [4.78, 5) is 20.2. The van der Waals surface area contributed by atoms with E-state index in [2.05, 4.69) is 15.3 Å². The second-order valence-electron chi connectivity index (χ2n) is 5.13. The number of amides is 1. The second kappa shape index (κ2) is 5.82. The Bertz CT molecular complexity index is 594. The largest absolute Gasteiger partial charge is 0.352 e. The molecule has 1 amide bonds. The van der Waals surface area contributed by atoms with Crippen LogP contribution in [-0.4, -0.2) is 15.9 Å². The van der Waals surface area contributed by atoms with Crippen LogP contribution in [0.5, 0.6) is 0 Å². The van der Waals surface area contributed by atoms with Gasteiger partial charge in [-0.2, -0.15) is 0 Å². The average molecular weight is 267 g/mol. The summed E-state index contributed by atoms with van der Waals surface area (Å²) in [5, 5.41) is 3.00. The molecule has 2 aromatic heterocycles. The summed E-state index contributed by atoms with van der Waals surface area (Å²) in [6, 6.07) is 7.81. The summed E-state index contributed by atoms with van der Waals surface area (Å²) in [6.45, 7) is 0.565. The zero-order valence-corrected chi connectivity index (χ0v) is 11.2. The van der Waals surface area contributed by atoms with Gasteiger partial charge in [0.25, 0.3) is 0 Å². The average Bonchev–Trinajstić information content (AvgIpc) is 2.45. The Morgan fingerprint density at radius 2 is 2.00 bits per heavy atom. The van der Waals surface area contributed by atoms with Gasteiger partial charge in [0.15, 0.2) is 0 Å². The molecule has 0 unspecified atom stereocenters. The topological polar surface area (TPSA) is 54.9 Å². The van der Waals surface area contributed by atoms with Crippen molar-refractivity contribution < 1.29 is 4.79 Å². The predicted molar refractivity (Wildman–Crippen MR) is 76.7 cm³/mol. The van der Waals surface area contributed by atoms with Crippen molar-refractivity contribution >= 4 is 5.91 Å². The number of carbonyl (C=O) groups excluding carboxylic acids is 1. The van der Waals surface area contributed by atoms with Crippen LogP contribution in [0.4, 0.5) is 0 Å². The Morgan fingerprint density at radius 3 is 2.70 bits per heavy atom. The molecule has 0 atom stereocenters. The maximum atomic E-state index is 11.8. The monoisotopic (exact) mass is 267 g/mol. The number of hydrogen-bond acceptors (Lipinski definition) is 3. The number of nitrogens with zero attached hydrogens (tertiary/aromatic N) is 2. The number of aromatic nitrogens is 2. The van der Waals surface area contributed by atoms with Gasteiger partial charge in [0, 0.05) is 36.6 Å². The molecule has 1 N–H and O–H groups in total. The van der Waals surface area contributed by atoms with Crippen molar-refractivity contribution in [2.45, 2.75) is 25.8 Å². The summed E-state index contributed by atoms with van der Waals surface area (Å²) in [7, 11) is 0. The van der Waals surface area contributed by atoms with Crippen molar-refractivity contribution in [3.05, 3.63) is 48.4 Å². The van der Waals surface area contributed by atoms with Gasteiger partial charge in [-0.25, -0.2) is 0 Å². The lowest BCUT2D eigenvalue weighted by Gasteiger charge is -2.24. The number of hydrogen-bond donors (Lipinski definition) is 1. The molecule has 20 heavy (non-hydrogen) atoms. The molecule has 4 nitrogen and oxygen atoms in total. The summed E-state index contributed by atoms with van der Waals surface area (Å²) in [5.41, 5.74) is 3.01. The van der Waals surface area contributed by atoms with E-state index in [4.69, 9.17) is 0 Å². The van der Waals surface area contributed by atoms with Crippen molar-refractivity contribution in [2.75, 3.05) is 0 Å². The molecular weight excluding hydrogens is 250 g/mol. The Hall–Kier alpha value is -2.23. The van der Waals surface area contributed by atoms with Crippen LogP contribution in [-0.2, 0) is 11.3 Å². The number of nitrogens with one attached hydrogen (secondary N) is 1. The Morgan fingerprint density at radius 1 is 1.20 bits per heavy atom. The van der Waals surface area contributed by atoms with E-state index in [0.29, 0.717) is 6.54 Å². The van der Waals surface area contributed by atoms with E-state index < -0.39 is 0 Å². The maximum Gasteiger partial charge on any atom is 0.223 e. The van der Waals surface area contributed by atoms with Gasteiger partial charge in [-0.15, -0.1) is 0 Å². The first-order valence-electron chi connectivity index (χ1n) is 6.96. The molecule has 4 heteroatoms. The Labute approximate surface area is 118 Å². The molecular formula is C16H17N3O. The molecule has 1 fully saturated rings. The Balaban J connectivity index is 1.67. The molecule has 2 heterocycles. The van der Waals surface area contributed by atoms with Gasteiger partial charge in [-0.3, -0.25) is 14.8 Å². The fourth-order valence-electron chi connectivity index (χ4n) is 2.27. The molecule has 0 saturated heterocycles. The third kappa shape index (κ3) is 2.85. The summed E-state index contributed by atoms with van der Waals surface area (Å²) < 4.78 is 0. The highest BCUT2D eigenvalue weighted by molar-refractivity contribution is 5.79. The molecule has 0 aromatic carbocycles. The van der Waals surface area contributed by atoms with E-state index in [0.717, 1.165) is 29.7 Å². The van der Waals surface area contributed by atoms with Gasteiger partial charge < -0.3 is 5.32 Å². The first-order chi connectivity index (χ1) is 9.83. The minimum Gasteiger partial charge on any atom is -0.352 e. The van der Waals surface area contributed by atoms with E-state index in [1.807, 2.05) is 24.3 Å². The molecule has 2 aromatic rings. The van der Waals surface area contributed by atoms with E-state index in [9.17, 15) is 4.79 Å². The van der Waals surface area contributed by atoms with Gasteiger partial charge in [-0.1, -0.05) is 6.42 Å². The first kappa shape index (κ1) is 12.8. The van der Waals surface area contributed by atoms with Crippen molar-refractivity contribution in [3.63, 3.8) is 0 Å². The molecule has 102 valence electrons. The van der Waals surface area contributed by atoms with Crippen molar-refractivity contribution in [2.24, 2.45) is 5.92 Å². The van der Waals surface area contributed by atoms with Crippen LogP contribution in [0.3, 0.4) is 0 Å². The molecule has 0 bridgehead atoms. The number of rotatable bonds is 4. The lowest BCUT2D eigenvalue weighted by Crippen LogP contribution is -2.33. The quantitative estimate of drug-likeness (QED) is 0.926. The first-order valence-corrected chi connectivity index (χ1v) is 6.96. The SMILES string of the molecule is O=C(NCc1ccnc(-c2ccncc2)c1)C1CCC1. The van der Waals surface area contributed by atoms with Gasteiger partial charge in [0.2, 0.25) is 5.91 Å². The van der Waals surface area contributed by atoms with Crippen LogP contribution in [0, 0.1) is 5.92 Å². The second-order valence-corrected chi connectivity index (χ2v) is 5.13. The molecule has 0 radical (unpaired) electrons. The van der Waals surface area contributed by atoms with Gasteiger partial charge in [-0.05, 0) is 42.7 Å². The van der Waals surface area contributed by atoms with Gasteiger partial charge >= 0.3 is 0 Å². The summed E-state index contributed by atoms with van der Waals surface area (Å²) in [5.74, 6) is 0.412. The van der Waals surface area contributed by atoms with Crippen LogP contribution < -0.4 is 5.32 Å². The van der Waals surface area contributed by atoms with E-state index >= 15 is 0 Å². The smallest absolute Gasteiger partial charge is 0.223 e. The zero-order valence-electron chi connectivity index (χ0n) is 11.2. The zero-order chi connectivity index (χ0) is 13.8. The highest BCUT2D eigenvalue weighted by Gasteiger charge is 2.24. The summed E-state index contributed by atoms with van der Waals surface area (Å²) >= 11 is 0.